The third-order valence-electron chi connectivity index (χ3n) is 6.22. The van der Waals surface area contributed by atoms with E-state index in [9.17, 15) is 14.7 Å². The summed E-state index contributed by atoms with van der Waals surface area (Å²) < 4.78 is 21.9. The molecule has 3 aromatic rings. The van der Waals surface area contributed by atoms with Gasteiger partial charge in [0.15, 0.2) is 11.5 Å². The lowest BCUT2D eigenvalue weighted by Gasteiger charge is -2.26. The molecule has 1 atom stereocenters. The van der Waals surface area contributed by atoms with E-state index in [-0.39, 0.29) is 21.9 Å². The first-order valence-electron chi connectivity index (χ1n) is 11.9. The number of carbonyl (C=O) groups excluding carboxylic acids is 2. The fourth-order valence-corrected chi connectivity index (χ4v) is 4.94. The van der Waals surface area contributed by atoms with Crippen LogP contribution in [0.4, 0.5) is 5.69 Å². The van der Waals surface area contributed by atoms with Crippen LogP contribution in [0.3, 0.4) is 0 Å². The molecule has 0 radical (unpaired) electrons. The first kappa shape index (κ1) is 26.9. The third kappa shape index (κ3) is 4.75. The van der Waals surface area contributed by atoms with E-state index in [2.05, 4.69) is 0 Å². The standard InChI is InChI=1S/C29H28ClNO7/c1-6-38-19-9-7-8-18(15-19)31-25(17-10-11-22(35-3)23(14-17)36-4)24(27(33)29(31)34)26(32)20-12-16(2)13-21(30)28(20)37-5/h7-15,25,32H,6H2,1-5H3/b26-24+. The van der Waals surface area contributed by atoms with Crippen molar-refractivity contribution in [2.75, 3.05) is 32.8 Å². The number of amides is 1. The number of hydrogen-bond donors (Lipinski definition) is 1. The van der Waals surface area contributed by atoms with Crippen molar-refractivity contribution in [3.05, 3.63) is 81.9 Å². The van der Waals surface area contributed by atoms with Crippen LogP contribution >= 0.6 is 11.6 Å². The molecule has 8 nitrogen and oxygen atoms in total. The zero-order chi connectivity index (χ0) is 27.6. The molecule has 0 aliphatic carbocycles. The van der Waals surface area contributed by atoms with Crippen LogP contribution in [0.5, 0.6) is 23.0 Å². The molecule has 1 amide bonds. The van der Waals surface area contributed by atoms with Gasteiger partial charge in [-0.05, 0) is 61.4 Å². The van der Waals surface area contributed by atoms with Gasteiger partial charge in [-0.25, -0.2) is 0 Å². The van der Waals surface area contributed by atoms with Gasteiger partial charge in [-0.3, -0.25) is 14.5 Å². The van der Waals surface area contributed by atoms with Crippen LogP contribution in [-0.2, 0) is 9.59 Å². The number of hydrogen-bond acceptors (Lipinski definition) is 7. The monoisotopic (exact) mass is 537 g/mol. The van der Waals surface area contributed by atoms with Crippen LogP contribution in [0, 0.1) is 6.92 Å². The third-order valence-corrected chi connectivity index (χ3v) is 6.50. The highest BCUT2D eigenvalue weighted by atomic mass is 35.5. The number of nitrogens with zero attached hydrogens (tertiary/aromatic N) is 1. The Labute approximate surface area is 225 Å². The van der Waals surface area contributed by atoms with Crippen molar-refractivity contribution in [1.29, 1.82) is 0 Å². The highest BCUT2D eigenvalue weighted by molar-refractivity contribution is 6.51. The van der Waals surface area contributed by atoms with Crippen LogP contribution in [0.2, 0.25) is 5.02 Å². The molecule has 9 heteroatoms. The smallest absolute Gasteiger partial charge is 0.300 e. The molecule has 1 heterocycles. The largest absolute Gasteiger partial charge is 0.507 e. The number of ether oxygens (including phenoxy) is 4. The number of aliphatic hydroxyl groups is 1. The fourth-order valence-electron chi connectivity index (χ4n) is 4.58. The summed E-state index contributed by atoms with van der Waals surface area (Å²) in [5, 5.41) is 11.9. The molecule has 1 N–H and O–H groups in total. The molecule has 1 fully saturated rings. The Kier molecular flexibility index (Phi) is 7.83. The van der Waals surface area contributed by atoms with Crippen molar-refractivity contribution in [3.63, 3.8) is 0 Å². The van der Waals surface area contributed by atoms with E-state index in [1.54, 1.807) is 61.5 Å². The fraction of sp³-hybridized carbons (Fsp3) is 0.241. The molecule has 0 bridgehead atoms. The molecule has 1 saturated heterocycles. The summed E-state index contributed by atoms with van der Waals surface area (Å²) in [4.78, 5) is 28.5. The molecule has 0 saturated carbocycles. The predicted molar refractivity (Wildman–Crippen MR) is 145 cm³/mol. The van der Waals surface area contributed by atoms with E-state index in [1.807, 2.05) is 6.92 Å². The Hall–Kier alpha value is -4.17. The van der Waals surface area contributed by atoms with E-state index < -0.39 is 23.5 Å². The van der Waals surface area contributed by atoms with Gasteiger partial charge < -0.3 is 24.1 Å². The molecule has 0 spiro atoms. The number of benzene rings is 3. The maximum absolute atomic E-state index is 13.6. The molecular formula is C29H28ClNO7. The Morgan fingerprint density at radius 2 is 1.71 bits per heavy atom. The molecule has 1 unspecified atom stereocenters. The van der Waals surface area contributed by atoms with Crippen LogP contribution in [0.25, 0.3) is 5.76 Å². The van der Waals surface area contributed by atoms with Gasteiger partial charge >= 0.3 is 0 Å². The van der Waals surface area contributed by atoms with E-state index >= 15 is 0 Å². The maximum atomic E-state index is 13.6. The number of ketones is 1. The number of rotatable bonds is 8. The van der Waals surface area contributed by atoms with Crippen molar-refractivity contribution < 1.29 is 33.6 Å². The minimum Gasteiger partial charge on any atom is -0.507 e. The number of aryl methyl sites for hydroxylation is 1. The van der Waals surface area contributed by atoms with Crippen LogP contribution in [0.15, 0.2) is 60.2 Å². The zero-order valence-electron chi connectivity index (χ0n) is 21.7. The summed E-state index contributed by atoms with van der Waals surface area (Å²) in [6.07, 6.45) is 0. The number of anilines is 1. The second-order valence-corrected chi connectivity index (χ2v) is 8.95. The normalized spacial score (nSPS) is 16.5. The lowest BCUT2D eigenvalue weighted by molar-refractivity contribution is -0.132. The van der Waals surface area contributed by atoms with Crippen LogP contribution < -0.4 is 23.8 Å². The van der Waals surface area contributed by atoms with Gasteiger partial charge in [0, 0.05) is 11.8 Å². The summed E-state index contributed by atoms with van der Waals surface area (Å²) in [7, 11) is 4.41. The van der Waals surface area contributed by atoms with E-state index in [0.29, 0.717) is 35.1 Å². The highest BCUT2D eigenvalue weighted by Gasteiger charge is 2.47. The zero-order valence-corrected chi connectivity index (χ0v) is 22.5. The van der Waals surface area contributed by atoms with Gasteiger partial charge in [0.1, 0.15) is 17.3 Å². The summed E-state index contributed by atoms with van der Waals surface area (Å²) in [6, 6.07) is 14.2. The summed E-state index contributed by atoms with van der Waals surface area (Å²) in [5.41, 5.74) is 1.75. The molecule has 0 aromatic heterocycles. The summed E-state index contributed by atoms with van der Waals surface area (Å²) in [5.74, 6) is -0.487. The number of carbonyl (C=O) groups is 2. The average Bonchev–Trinajstić information content (AvgIpc) is 3.17. The quantitative estimate of drug-likeness (QED) is 0.224. The van der Waals surface area contributed by atoms with Crippen LogP contribution in [-0.4, -0.2) is 44.7 Å². The number of methoxy groups -OCH3 is 3. The predicted octanol–water partition coefficient (Wildman–Crippen LogP) is 5.70. The number of halogens is 1. The highest BCUT2D eigenvalue weighted by Crippen LogP contribution is 2.46. The number of Topliss-reactive ketones (excluding diaryl/α,β-unsaturated/α-hetero) is 1. The topological polar surface area (TPSA) is 94.5 Å². The molecule has 3 aromatic carbocycles. The van der Waals surface area contributed by atoms with E-state index in [1.165, 1.54) is 26.2 Å². The molecule has 1 aliphatic heterocycles. The Balaban J connectivity index is 2.02. The maximum Gasteiger partial charge on any atom is 0.300 e. The minimum atomic E-state index is -1.00. The second-order valence-electron chi connectivity index (χ2n) is 8.54. The Bertz CT molecular complexity index is 1430. The average molecular weight is 538 g/mol. The second kappa shape index (κ2) is 11.1. The number of aliphatic hydroxyl groups excluding tert-OH is 1. The van der Waals surface area contributed by atoms with Crippen molar-refractivity contribution in [2.24, 2.45) is 0 Å². The molecule has 1 aliphatic rings. The molecule has 38 heavy (non-hydrogen) atoms. The van der Waals surface area contributed by atoms with E-state index in [0.717, 1.165) is 5.56 Å². The summed E-state index contributed by atoms with van der Waals surface area (Å²) >= 11 is 6.38. The Morgan fingerprint density at radius 1 is 0.974 bits per heavy atom. The van der Waals surface area contributed by atoms with Gasteiger partial charge in [-0.2, -0.15) is 0 Å². The molecule has 198 valence electrons. The first-order valence-corrected chi connectivity index (χ1v) is 12.2. The van der Waals surface area contributed by atoms with Gasteiger partial charge in [0.2, 0.25) is 0 Å². The van der Waals surface area contributed by atoms with E-state index in [4.69, 9.17) is 30.5 Å². The van der Waals surface area contributed by atoms with Crippen molar-refractivity contribution in [2.45, 2.75) is 19.9 Å². The van der Waals surface area contributed by atoms with Crippen molar-refractivity contribution >= 4 is 34.7 Å². The van der Waals surface area contributed by atoms with Gasteiger partial charge in [-0.15, -0.1) is 0 Å². The SMILES string of the molecule is CCOc1cccc(N2C(=O)C(=O)/C(=C(/O)c3cc(C)cc(Cl)c3OC)C2c2ccc(OC)c(OC)c2)c1. The molecular weight excluding hydrogens is 510 g/mol. The lowest BCUT2D eigenvalue weighted by Crippen LogP contribution is -2.29. The lowest BCUT2D eigenvalue weighted by atomic mass is 9.94. The van der Waals surface area contributed by atoms with Crippen molar-refractivity contribution in [3.8, 4) is 23.0 Å². The molecule has 4 rings (SSSR count). The first-order chi connectivity index (χ1) is 18.2. The summed E-state index contributed by atoms with van der Waals surface area (Å²) in [6.45, 7) is 4.07. The van der Waals surface area contributed by atoms with Gasteiger partial charge in [0.25, 0.3) is 11.7 Å². The Morgan fingerprint density at radius 3 is 2.37 bits per heavy atom. The minimum absolute atomic E-state index is 0.121. The van der Waals surface area contributed by atoms with Crippen molar-refractivity contribution in [1.82, 2.24) is 0 Å². The van der Waals surface area contributed by atoms with Gasteiger partial charge in [-0.1, -0.05) is 23.7 Å². The van der Waals surface area contributed by atoms with Crippen LogP contribution in [0.1, 0.15) is 29.7 Å². The van der Waals surface area contributed by atoms with Gasteiger partial charge in [0.05, 0.1) is 50.1 Å².